The van der Waals surface area contributed by atoms with Crippen molar-refractivity contribution in [3.63, 3.8) is 0 Å². The highest BCUT2D eigenvalue weighted by molar-refractivity contribution is 6.39. The number of carbonyl (C=O) groups is 3. The lowest BCUT2D eigenvalue weighted by molar-refractivity contribution is -0.122. The molecule has 172 valence electrons. The predicted molar refractivity (Wildman–Crippen MR) is 132 cm³/mol. The van der Waals surface area contributed by atoms with Gasteiger partial charge < -0.3 is 4.74 Å². The summed E-state index contributed by atoms with van der Waals surface area (Å²) in [6.07, 6.45) is 1.42. The van der Waals surface area contributed by atoms with E-state index in [1.54, 1.807) is 54.6 Å². The summed E-state index contributed by atoms with van der Waals surface area (Å²) in [6, 6.07) is 16.6. The Morgan fingerprint density at radius 3 is 2.50 bits per heavy atom. The van der Waals surface area contributed by atoms with Crippen LogP contribution >= 0.6 is 23.2 Å². The van der Waals surface area contributed by atoms with Crippen LogP contribution in [0.4, 0.5) is 10.5 Å². The smallest absolute Gasteiger partial charge is 0.335 e. The summed E-state index contributed by atoms with van der Waals surface area (Å²) >= 11 is 12.2. The maximum atomic E-state index is 13.3. The number of nitrogens with zero attached hydrogens (tertiary/aromatic N) is 1. The number of aryl methyl sites for hydroxylation is 1. The highest BCUT2D eigenvalue weighted by Gasteiger charge is 2.37. The molecular weight excluding hydrogens is 475 g/mol. The number of nitrogens with one attached hydrogen (secondary N) is 1. The molecule has 1 aliphatic heterocycles. The highest BCUT2D eigenvalue weighted by Crippen LogP contribution is 2.29. The Balaban J connectivity index is 1.66. The predicted octanol–water partition coefficient (Wildman–Crippen LogP) is 5.86. The zero-order valence-electron chi connectivity index (χ0n) is 18.4. The van der Waals surface area contributed by atoms with Gasteiger partial charge >= 0.3 is 6.03 Å². The second kappa shape index (κ2) is 9.71. The van der Waals surface area contributed by atoms with Crippen molar-refractivity contribution in [3.05, 3.63) is 98.5 Å². The van der Waals surface area contributed by atoms with Crippen molar-refractivity contribution in [1.82, 2.24) is 5.32 Å². The number of benzene rings is 3. The molecule has 1 N–H and O–H groups in total. The van der Waals surface area contributed by atoms with Crippen LogP contribution in [0.25, 0.3) is 6.08 Å². The SMILES string of the molecule is Cc1cccc(N2C(=O)NC(=O)/C(=C\c3ccccc3OCc3ccc(Cl)cc3Cl)C2=O)c1C. The minimum atomic E-state index is -0.789. The van der Waals surface area contributed by atoms with Crippen LogP contribution in [0.1, 0.15) is 22.3 Å². The second-order valence-electron chi connectivity index (χ2n) is 7.74. The average Bonchev–Trinajstić information content (AvgIpc) is 2.79. The van der Waals surface area contributed by atoms with Crippen molar-refractivity contribution >= 4 is 52.8 Å². The van der Waals surface area contributed by atoms with Crippen LogP contribution in [-0.4, -0.2) is 17.8 Å². The number of urea groups is 1. The van der Waals surface area contributed by atoms with Gasteiger partial charge in [-0.05, 0) is 55.3 Å². The Morgan fingerprint density at radius 2 is 1.74 bits per heavy atom. The van der Waals surface area contributed by atoms with Crippen molar-refractivity contribution in [2.45, 2.75) is 20.5 Å². The third kappa shape index (κ3) is 4.69. The molecule has 4 amide bonds. The molecule has 0 bridgehead atoms. The molecule has 1 saturated heterocycles. The number of hydrogen-bond donors (Lipinski definition) is 1. The molecule has 6 nitrogen and oxygen atoms in total. The van der Waals surface area contributed by atoms with Crippen LogP contribution in [0, 0.1) is 13.8 Å². The van der Waals surface area contributed by atoms with E-state index in [0.29, 0.717) is 27.0 Å². The molecule has 4 rings (SSSR count). The number of anilines is 1. The van der Waals surface area contributed by atoms with E-state index in [1.807, 2.05) is 19.9 Å². The van der Waals surface area contributed by atoms with E-state index in [0.717, 1.165) is 21.6 Å². The lowest BCUT2D eigenvalue weighted by Gasteiger charge is -2.28. The van der Waals surface area contributed by atoms with Gasteiger partial charge in [-0.15, -0.1) is 0 Å². The Bertz CT molecular complexity index is 1350. The fourth-order valence-electron chi connectivity index (χ4n) is 3.54. The fraction of sp³-hybridized carbons (Fsp3) is 0.115. The van der Waals surface area contributed by atoms with Crippen LogP contribution in [0.3, 0.4) is 0 Å². The molecule has 0 saturated carbocycles. The first-order valence-corrected chi connectivity index (χ1v) is 11.2. The average molecular weight is 495 g/mol. The van der Waals surface area contributed by atoms with E-state index in [1.165, 1.54) is 6.08 Å². The number of amides is 4. The quantitative estimate of drug-likeness (QED) is 0.356. The number of halogens is 2. The first-order chi connectivity index (χ1) is 16.3. The van der Waals surface area contributed by atoms with Gasteiger partial charge in [0.15, 0.2) is 0 Å². The van der Waals surface area contributed by atoms with Gasteiger partial charge in [-0.3, -0.25) is 14.9 Å². The summed E-state index contributed by atoms with van der Waals surface area (Å²) in [5.41, 5.74) is 3.15. The minimum absolute atomic E-state index is 0.156. The van der Waals surface area contributed by atoms with Crippen molar-refractivity contribution in [3.8, 4) is 5.75 Å². The fourth-order valence-corrected chi connectivity index (χ4v) is 4.00. The van der Waals surface area contributed by atoms with Crippen molar-refractivity contribution in [2.75, 3.05) is 4.90 Å². The highest BCUT2D eigenvalue weighted by atomic mass is 35.5. The normalized spacial score (nSPS) is 15.0. The van der Waals surface area contributed by atoms with Crippen molar-refractivity contribution in [1.29, 1.82) is 0 Å². The van der Waals surface area contributed by atoms with Gasteiger partial charge in [-0.2, -0.15) is 0 Å². The summed E-state index contributed by atoms with van der Waals surface area (Å²) in [4.78, 5) is 39.4. The molecule has 3 aromatic rings. The third-order valence-corrected chi connectivity index (χ3v) is 6.12. The van der Waals surface area contributed by atoms with E-state index in [9.17, 15) is 14.4 Å². The number of imide groups is 2. The van der Waals surface area contributed by atoms with Gasteiger partial charge in [0.25, 0.3) is 11.8 Å². The molecule has 0 radical (unpaired) electrons. The first-order valence-electron chi connectivity index (χ1n) is 10.4. The number of ether oxygens (including phenoxy) is 1. The molecule has 0 atom stereocenters. The standard InChI is InChI=1S/C26H20Cl2N2O4/c1-15-6-5-8-22(16(15)2)30-25(32)20(24(31)29-26(30)33)12-17-7-3-4-9-23(17)34-14-18-10-11-19(27)13-21(18)28/h3-13H,14H2,1-2H3,(H,29,31,33)/b20-12+. The van der Waals surface area contributed by atoms with Gasteiger partial charge in [0, 0.05) is 21.2 Å². The molecule has 0 aromatic heterocycles. The topological polar surface area (TPSA) is 75.7 Å². The number of rotatable bonds is 5. The first kappa shape index (κ1) is 23.5. The lowest BCUT2D eigenvalue weighted by atomic mass is 10.0. The van der Waals surface area contributed by atoms with Gasteiger partial charge in [-0.25, -0.2) is 9.69 Å². The van der Waals surface area contributed by atoms with Gasteiger partial charge in [0.05, 0.1) is 5.69 Å². The molecular formula is C26H20Cl2N2O4. The molecule has 0 unspecified atom stereocenters. The largest absolute Gasteiger partial charge is 0.488 e. The molecule has 1 aliphatic rings. The monoisotopic (exact) mass is 494 g/mol. The maximum absolute atomic E-state index is 13.3. The van der Waals surface area contributed by atoms with Crippen LogP contribution in [0.15, 0.2) is 66.2 Å². The van der Waals surface area contributed by atoms with Gasteiger partial charge in [-0.1, -0.05) is 59.6 Å². The van der Waals surface area contributed by atoms with Crippen LogP contribution < -0.4 is 15.0 Å². The lowest BCUT2D eigenvalue weighted by Crippen LogP contribution is -2.54. The zero-order valence-corrected chi connectivity index (χ0v) is 19.9. The second-order valence-corrected chi connectivity index (χ2v) is 8.58. The molecule has 8 heteroatoms. The van der Waals surface area contributed by atoms with Crippen molar-refractivity contribution in [2.24, 2.45) is 0 Å². The summed E-state index contributed by atoms with van der Waals surface area (Å²) in [6.45, 7) is 3.85. The number of barbiturate groups is 1. The van der Waals surface area contributed by atoms with E-state index < -0.39 is 17.8 Å². The molecule has 0 spiro atoms. The Labute approximate surface area is 206 Å². The van der Waals surface area contributed by atoms with Crippen LogP contribution in [0.2, 0.25) is 10.0 Å². The number of para-hydroxylation sites is 1. The summed E-state index contributed by atoms with van der Waals surface area (Å²) in [5.74, 6) is -1.04. The van der Waals surface area contributed by atoms with E-state index in [-0.39, 0.29) is 12.2 Å². The third-order valence-electron chi connectivity index (χ3n) is 5.54. The van der Waals surface area contributed by atoms with Crippen LogP contribution in [0.5, 0.6) is 5.75 Å². The number of hydrogen-bond acceptors (Lipinski definition) is 4. The molecule has 34 heavy (non-hydrogen) atoms. The van der Waals surface area contributed by atoms with E-state index in [2.05, 4.69) is 5.32 Å². The molecule has 0 aliphatic carbocycles. The van der Waals surface area contributed by atoms with Crippen LogP contribution in [-0.2, 0) is 16.2 Å². The minimum Gasteiger partial charge on any atom is -0.488 e. The number of carbonyl (C=O) groups excluding carboxylic acids is 3. The zero-order chi connectivity index (χ0) is 24.4. The Morgan fingerprint density at radius 1 is 0.971 bits per heavy atom. The van der Waals surface area contributed by atoms with Crippen molar-refractivity contribution < 1.29 is 19.1 Å². The van der Waals surface area contributed by atoms with Gasteiger partial charge in [0.1, 0.15) is 17.9 Å². The molecule has 1 heterocycles. The summed E-state index contributed by atoms with van der Waals surface area (Å²) in [5, 5.41) is 3.24. The Hall–Kier alpha value is -3.61. The Kier molecular flexibility index (Phi) is 6.72. The van der Waals surface area contributed by atoms with E-state index >= 15 is 0 Å². The maximum Gasteiger partial charge on any atom is 0.335 e. The van der Waals surface area contributed by atoms with Gasteiger partial charge in [0.2, 0.25) is 0 Å². The summed E-state index contributed by atoms with van der Waals surface area (Å²) < 4.78 is 5.93. The molecule has 3 aromatic carbocycles. The van der Waals surface area contributed by atoms with E-state index in [4.69, 9.17) is 27.9 Å². The summed E-state index contributed by atoms with van der Waals surface area (Å²) in [7, 11) is 0. The molecule has 1 fully saturated rings.